The van der Waals surface area contributed by atoms with Crippen molar-refractivity contribution in [1.82, 2.24) is 0 Å². The Morgan fingerprint density at radius 3 is 2.57 bits per heavy atom. The molecule has 0 N–H and O–H groups in total. The highest BCUT2D eigenvalue weighted by Crippen LogP contribution is 2.52. The van der Waals surface area contributed by atoms with Gasteiger partial charge >= 0.3 is 0 Å². The minimum atomic E-state index is -0.772. The zero-order valence-electron chi connectivity index (χ0n) is 7.19. The molecule has 0 aromatic heterocycles. The van der Waals surface area contributed by atoms with Crippen LogP contribution in [0.1, 0.15) is 18.4 Å². The van der Waals surface area contributed by atoms with Crippen LogP contribution in [0.15, 0.2) is 22.7 Å². The second kappa shape index (κ2) is 3.31. The summed E-state index contributed by atoms with van der Waals surface area (Å²) < 4.78 is 14.1. The molecule has 1 fully saturated rings. The van der Waals surface area contributed by atoms with Crippen LogP contribution in [0.4, 0.5) is 4.39 Å². The van der Waals surface area contributed by atoms with E-state index in [9.17, 15) is 9.18 Å². The van der Waals surface area contributed by atoms with E-state index in [1.807, 2.05) is 0 Å². The molecule has 74 valence electrons. The summed E-state index contributed by atoms with van der Waals surface area (Å²) >= 11 is 8.72. The molecule has 1 aliphatic carbocycles. The van der Waals surface area contributed by atoms with Gasteiger partial charge in [-0.3, -0.25) is 4.79 Å². The van der Waals surface area contributed by atoms with E-state index in [2.05, 4.69) is 15.9 Å². The van der Waals surface area contributed by atoms with Crippen molar-refractivity contribution in [2.24, 2.45) is 0 Å². The first kappa shape index (κ1) is 10.1. The Hall–Kier alpha value is -0.410. The van der Waals surface area contributed by atoms with Gasteiger partial charge in [-0.05, 0) is 36.6 Å². The van der Waals surface area contributed by atoms with Gasteiger partial charge < -0.3 is 0 Å². The zero-order chi connectivity index (χ0) is 10.3. The first-order valence-corrected chi connectivity index (χ1v) is 5.39. The molecule has 1 aliphatic rings. The fourth-order valence-electron chi connectivity index (χ4n) is 1.62. The van der Waals surface area contributed by atoms with Crippen LogP contribution in [0.2, 0.25) is 0 Å². The molecule has 1 aromatic carbocycles. The van der Waals surface area contributed by atoms with Crippen molar-refractivity contribution >= 4 is 32.8 Å². The lowest BCUT2D eigenvalue weighted by Crippen LogP contribution is -2.17. The van der Waals surface area contributed by atoms with Gasteiger partial charge in [0.05, 0.1) is 5.41 Å². The monoisotopic (exact) mass is 276 g/mol. The number of carbonyl (C=O) groups is 1. The van der Waals surface area contributed by atoms with Crippen LogP contribution in [-0.2, 0) is 10.2 Å². The first-order valence-electron chi connectivity index (χ1n) is 4.22. The van der Waals surface area contributed by atoms with Crippen LogP contribution >= 0.6 is 27.5 Å². The molecule has 1 aromatic rings. The molecule has 2 rings (SSSR count). The number of rotatable bonds is 2. The number of benzene rings is 1. The molecule has 0 saturated heterocycles. The molecule has 0 radical (unpaired) electrons. The van der Waals surface area contributed by atoms with E-state index in [-0.39, 0.29) is 5.82 Å². The van der Waals surface area contributed by atoms with Gasteiger partial charge in [0.25, 0.3) is 0 Å². The number of hydrogen-bond acceptors (Lipinski definition) is 1. The van der Waals surface area contributed by atoms with Gasteiger partial charge in [0.1, 0.15) is 5.82 Å². The van der Waals surface area contributed by atoms with Crippen LogP contribution in [-0.4, -0.2) is 5.24 Å². The summed E-state index contributed by atoms with van der Waals surface area (Å²) in [6, 6.07) is 4.66. The third kappa shape index (κ3) is 1.39. The van der Waals surface area contributed by atoms with E-state index in [0.29, 0.717) is 22.9 Å². The molecule has 0 amide bonds. The highest BCUT2D eigenvalue weighted by Gasteiger charge is 2.52. The minimum absolute atomic E-state index is 0.370. The predicted molar refractivity (Wildman–Crippen MR) is 55.9 cm³/mol. The number of halogens is 3. The maximum atomic E-state index is 13.5. The van der Waals surface area contributed by atoms with Crippen molar-refractivity contribution < 1.29 is 9.18 Å². The molecule has 0 atom stereocenters. The standard InChI is InChI=1S/C10H7BrClFO/c11-6-2-1-3-7(13)8(6)10(4-5-10)9(12)14/h1-3H,4-5H2. The topological polar surface area (TPSA) is 17.1 Å². The van der Waals surface area contributed by atoms with Crippen LogP contribution in [0.5, 0.6) is 0 Å². The lowest BCUT2D eigenvalue weighted by Gasteiger charge is -2.13. The van der Waals surface area contributed by atoms with Gasteiger partial charge in [-0.1, -0.05) is 22.0 Å². The van der Waals surface area contributed by atoms with E-state index in [1.54, 1.807) is 12.1 Å². The Morgan fingerprint density at radius 1 is 1.50 bits per heavy atom. The quantitative estimate of drug-likeness (QED) is 0.757. The summed E-state index contributed by atoms with van der Waals surface area (Å²) in [7, 11) is 0. The maximum Gasteiger partial charge on any atom is 0.232 e. The van der Waals surface area contributed by atoms with Crippen molar-refractivity contribution in [3.63, 3.8) is 0 Å². The van der Waals surface area contributed by atoms with Gasteiger partial charge in [-0.15, -0.1) is 0 Å². The summed E-state index contributed by atoms with van der Waals surface area (Å²) in [5.41, 5.74) is -0.369. The molecule has 1 nitrogen and oxygen atoms in total. The second-order valence-corrected chi connectivity index (χ2v) is 4.65. The molecule has 0 bridgehead atoms. The molecule has 0 spiro atoms. The zero-order valence-corrected chi connectivity index (χ0v) is 9.53. The highest BCUT2D eigenvalue weighted by molar-refractivity contribution is 9.10. The van der Waals surface area contributed by atoms with E-state index in [1.165, 1.54) is 6.07 Å². The average Bonchev–Trinajstić information content (AvgIpc) is 2.85. The van der Waals surface area contributed by atoms with E-state index in [0.717, 1.165) is 0 Å². The fourth-order valence-corrected chi connectivity index (χ4v) is 2.63. The molecule has 1 saturated carbocycles. The Labute approximate surface area is 94.4 Å². The number of carbonyl (C=O) groups excluding carboxylic acids is 1. The average molecular weight is 278 g/mol. The van der Waals surface area contributed by atoms with Crippen molar-refractivity contribution in [2.45, 2.75) is 18.3 Å². The fraction of sp³-hybridized carbons (Fsp3) is 0.300. The number of hydrogen-bond donors (Lipinski definition) is 0. The van der Waals surface area contributed by atoms with Gasteiger partial charge in [-0.25, -0.2) is 4.39 Å². The first-order chi connectivity index (χ1) is 6.58. The maximum absolute atomic E-state index is 13.5. The Kier molecular flexibility index (Phi) is 2.40. The minimum Gasteiger partial charge on any atom is -0.280 e. The van der Waals surface area contributed by atoms with Gasteiger partial charge in [0.2, 0.25) is 5.24 Å². The summed E-state index contributed by atoms with van der Waals surface area (Å²) in [6.07, 6.45) is 1.27. The van der Waals surface area contributed by atoms with Crippen LogP contribution in [0.25, 0.3) is 0 Å². The third-order valence-corrected chi connectivity index (χ3v) is 3.59. The molecule has 0 heterocycles. The second-order valence-electron chi connectivity index (χ2n) is 3.45. The summed E-state index contributed by atoms with van der Waals surface area (Å²) in [4.78, 5) is 11.2. The van der Waals surface area contributed by atoms with Crippen molar-refractivity contribution in [2.75, 3.05) is 0 Å². The Bertz CT molecular complexity index is 381. The van der Waals surface area contributed by atoms with Crippen molar-refractivity contribution in [3.05, 3.63) is 34.1 Å². The molecular formula is C10H7BrClFO. The van der Waals surface area contributed by atoms with E-state index >= 15 is 0 Å². The van der Waals surface area contributed by atoms with E-state index < -0.39 is 10.7 Å². The van der Waals surface area contributed by atoms with Crippen LogP contribution in [0.3, 0.4) is 0 Å². The molecule has 14 heavy (non-hydrogen) atoms. The van der Waals surface area contributed by atoms with Crippen molar-refractivity contribution in [3.8, 4) is 0 Å². The van der Waals surface area contributed by atoms with E-state index in [4.69, 9.17) is 11.6 Å². The highest BCUT2D eigenvalue weighted by atomic mass is 79.9. The lowest BCUT2D eigenvalue weighted by atomic mass is 9.97. The molecule has 0 aliphatic heterocycles. The van der Waals surface area contributed by atoms with Crippen LogP contribution in [0, 0.1) is 5.82 Å². The summed E-state index contributed by atoms with van der Waals surface area (Å²) in [6.45, 7) is 0. The lowest BCUT2D eigenvalue weighted by molar-refractivity contribution is -0.113. The normalized spacial score (nSPS) is 17.9. The summed E-state index contributed by atoms with van der Waals surface area (Å²) in [5.74, 6) is -0.370. The van der Waals surface area contributed by atoms with Crippen molar-refractivity contribution in [1.29, 1.82) is 0 Å². The summed E-state index contributed by atoms with van der Waals surface area (Å²) in [5, 5.41) is -0.469. The van der Waals surface area contributed by atoms with Gasteiger partial charge in [0, 0.05) is 10.0 Å². The third-order valence-electron chi connectivity index (χ3n) is 2.57. The van der Waals surface area contributed by atoms with Gasteiger partial charge in [-0.2, -0.15) is 0 Å². The van der Waals surface area contributed by atoms with Crippen LogP contribution < -0.4 is 0 Å². The molecule has 4 heteroatoms. The molecular weight excluding hydrogens is 270 g/mol. The Morgan fingerprint density at radius 2 is 2.14 bits per heavy atom. The SMILES string of the molecule is O=C(Cl)C1(c2c(F)cccc2Br)CC1. The Balaban J connectivity index is 2.56. The molecule has 0 unspecified atom stereocenters. The van der Waals surface area contributed by atoms with Gasteiger partial charge in [0.15, 0.2) is 0 Å². The largest absolute Gasteiger partial charge is 0.280 e. The predicted octanol–water partition coefficient (Wildman–Crippen LogP) is 3.39. The smallest absolute Gasteiger partial charge is 0.232 e.